The molecule has 1 aromatic carbocycles. The second-order valence-electron chi connectivity index (χ2n) is 5.10. The number of amides is 2. The van der Waals surface area contributed by atoms with Gasteiger partial charge < -0.3 is 10.2 Å². The van der Waals surface area contributed by atoms with Gasteiger partial charge in [-0.05, 0) is 18.2 Å². The molecular formula is C15H14ClF3N2O2. The Morgan fingerprint density at radius 2 is 2.17 bits per heavy atom. The SMILES string of the molecule is C=CCNC(=O)C1CC(=O)N(c2ccc(Cl)cc2C(F)(F)F)C1. The predicted molar refractivity (Wildman–Crippen MR) is 80.1 cm³/mol. The molecule has 8 heteroatoms. The summed E-state index contributed by atoms with van der Waals surface area (Å²) in [4.78, 5) is 24.9. The van der Waals surface area contributed by atoms with Gasteiger partial charge in [0.15, 0.2) is 0 Å². The Balaban J connectivity index is 2.28. The third kappa shape index (κ3) is 3.85. The van der Waals surface area contributed by atoms with Crippen molar-refractivity contribution in [3.63, 3.8) is 0 Å². The number of carbonyl (C=O) groups is 2. The maximum atomic E-state index is 13.1. The molecule has 4 nitrogen and oxygen atoms in total. The normalized spacial score (nSPS) is 18.2. The highest BCUT2D eigenvalue weighted by Gasteiger charge is 2.40. The van der Waals surface area contributed by atoms with E-state index in [0.29, 0.717) is 0 Å². The summed E-state index contributed by atoms with van der Waals surface area (Å²) in [5.74, 6) is -1.61. The molecule has 0 saturated carbocycles. The lowest BCUT2D eigenvalue weighted by molar-refractivity contribution is -0.137. The molecule has 1 aliphatic rings. The van der Waals surface area contributed by atoms with Crippen molar-refractivity contribution < 1.29 is 22.8 Å². The fraction of sp³-hybridized carbons (Fsp3) is 0.333. The van der Waals surface area contributed by atoms with Gasteiger partial charge in [0, 0.05) is 24.5 Å². The van der Waals surface area contributed by atoms with Crippen molar-refractivity contribution in [3.8, 4) is 0 Å². The van der Waals surface area contributed by atoms with Gasteiger partial charge in [0.05, 0.1) is 17.2 Å². The second-order valence-corrected chi connectivity index (χ2v) is 5.53. The highest BCUT2D eigenvalue weighted by Crippen LogP contribution is 2.40. The Bertz CT molecular complexity index is 646. The highest BCUT2D eigenvalue weighted by atomic mass is 35.5. The number of nitrogens with zero attached hydrogens (tertiary/aromatic N) is 1. The summed E-state index contributed by atoms with van der Waals surface area (Å²) < 4.78 is 39.4. The standard InChI is InChI=1S/C15H14ClF3N2O2/c1-2-5-20-14(23)9-6-13(22)21(8-9)12-4-3-10(16)7-11(12)15(17,18)19/h2-4,7,9H,1,5-6,8H2,(H,20,23). The largest absolute Gasteiger partial charge is 0.418 e. The summed E-state index contributed by atoms with van der Waals surface area (Å²) in [5.41, 5.74) is -1.28. The van der Waals surface area contributed by atoms with Crippen LogP contribution >= 0.6 is 11.6 Å². The van der Waals surface area contributed by atoms with E-state index in [1.807, 2.05) is 0 Å². The molecule has 1 fully saturated rings. The number of alkyl halides is 3. The van der Waals surface area contributed by atoms with E-state index in [1.54, 1.807) is 0 Å². The minimum absolute atomic E-state index is 0.0759. The molecule has 0 aromatic heterocycles. The van der Waals surface area contributed by atoms with Crippen LogP contribution in [0.25, 0.3) is 0 Å². The van der Waals surface area contributed by atoms with Gasteiger partial charge in [0.1, 0.15) is 0 Å². The molecule has 1 atom stereocenters. The van der Waals surface area contributed by atoms with Crippen LogP contribution in [0.5, 0.6) is 0 Å². The Hall–Kier alpha value is -2.02. The molecule has 0 bridgehead atoms. The maximum absolute atomic E-state index is 13.1. The molecule has 0 spiro atoms. The fourth-order valence-electron chi connectivity index (χ4n) is 2.40. The molecule has 2 rings (SSSR count). The minimum atomic E-state index is -4.65. The number of nitrogens with one attached hydrogen (secondary N) is 1. The zero-order valence-corrected chi connectivity index (χ0v) is 12.7. The van der Waals surface area contributed by atoms with E-state index in [1.165, 1.54) is 12.1 Å². The first-order chi connectivity index (χ1) is 10.7. The fourth-order valence-corrected chi connectivity index (χ4v) is 2.58. The van der Waals surface area contributed by atoms with Crippen molar-refractivity contribution in [2.75, 3.05) is 18.0 Å². The van der Waals surface area contributed by atoms with Gasteiger partial charge in [0.2, 0.25) is 11.8 Å². The van der Waals surface area contributed by atoms with Crippen molar-refractivity contribution in [3.05, 3.63) is 41.4 Å². The van der Waals surface area contributed by atoms with E-state index >= 15 is 0 Å². The van der Waals surface area contributed by atoms with Crippen LogP contribution in [0.15, 0.2) is 30.9 Å². The first-order valence-electron chi connectivity index (χ1n) is 6.79. The molecule has 124 valence electrons. The van der Waals surface area contributed by atoms with E-state index in [0.717, 1.165) is 17.0 Å². The molecule has 2 amide bonds. The lowest BCUT2D eigenvalue weighted by Crippen LogP contribution is -2.33. The lowest BCUT2D eigenvalue weighted by Gasteiger charge is -2.21. The number of benzene rings is 1. The van der Waals surface area contributed by atoms with Crippen molar-refractivity contribution in [2.24, 2.45) is 5.92 Å². The number of rotatable bonds is 4. The summed E-state index contributed by atoms with van der Waals surface area (Å²) >= 11 is 5.63. The van der Waals surface area contributed by atoms with Crippen molar-refractivity contribution in [1.82, 2.24) is 5.32 Å². The van der Waals surface area contributed by atoms with Gasteiger partial charge in [-0.2, -0.15) is 13.2 Å². The Morgan fingerprint density at radius 1 is 1.48 bits per heavy atom. The summed E-state index contributed by atoms with van der Waals surface area (Å²) in [5, 5.41) is 2.47. The zero-order valence-electron chi connectivity index (χ0n) is 12.0. The number of halogens is 4. The third-order valence-electron chi connectivity index (χ3n) is 3.47. The molecule has 1 saturated heterocycles. The molecule has 1 aromatic rings. The predicted octanol–water partition coefficient (Wildman–Crippen LogP) is 3.01. The van der Waals surface area contributed by atoms with Crippen molar-refractivity contribution in [1.29, 1.82) is 0 Å². The number of hydrogen-bond donors (Lipinski definition) is 1. The zero-order chi connectivity index (χ0) is 17.2. The Kier molecular flexibility index (Phi) is 4.99. The number of anilines is 1. The van der Waals surface area contributed by atoms with Crippen LogP contribution in [0.1, 0.15) is 12.0 Å². The smallest absolute Gasteiger partial charge is 0.352 e. The topological polar surface area (TPSA) is 49.4 Å². The third-order valence-corrected chi connectivity index (χ3v) is 3.71. The van der Waals surface area contributed by atoms with Gasteiger partial charge in [0.25, 0.3) is 0 Å². The molecule has 23 heavy (non-hydrogen) atoms. The maximum Gasteiger partial charge on any atom is 0.418 e. The molecular weight excluding hydrogens is 333 g/mol. The van der Waals surface area contributed by atoms with E-state index in [-0.39, 0.29) is 36.1 Å². The van der Waals surface area contributed by atoms with Crippen molar-refractivity contribution in [2.45, 2.75) is 12.6 Å². The van der Waals surface area contributed by atoms with Gasteiger partial charge in [-0.15, -0.1) is 6.58 Å². The van der Waals surface area contributed by atoms with Crippen LogP contribution in [-0.2, 0) is 15.8 Å². The average Bonchev–Trinajstić information content (AvgIpc) is 2.86. The summed E-state index contributed by atoms with van der Waals surface area (Å²) in [6.07, 6.45) is -3.31. The first kappa shape index (κ1) is 17.3. The van der Waals surface area contributed by atoms with Crippen LogP contribution in [0, 0.1) is 5.92 Å². The van der Waals surface area contributed by atoms with Gasteiger partial charge in [-0.3, -0.25) is 9.59 Å². The van der Waals surface area contributed by atoms with E-state index in [2.05, 4.69) is 11.9 Å². The monoisotopic (exact) mass is 346 g/mol. The van der Waals surface area contributed by atoms with Crippen LogP contribution in [0.3, 0.4) is 0 Å². The number of hydrogen-bond acceptors (Lipinski definition) is 2. The molecule has 0 radical (unpaired) electrons. The van der Waals surface area contributed by atoms with Gasteiger partial charge in [-0.1, -0.05) is 17.7 Å². The summed E-state index contributed by atoms with van der Waals surface area (Å²) in [6, 6.07) is 3.20. The van der Waals surface area contributed by atoms with Crippen LogP contribution in [0.2, 0.25) is 5.02 Å². The van der Waals surface area contributed by atoms with Crippen molar-refractivity contribution >= 4 is 29.1 Å². The first-order valence-corrected chi connectivity index (χ1v) is 7.17. The van der Waals surface area contributed by atoms with Crippen LogP contribution in [-0.4, -0.2) is 24.9 Å². The summed E-state index contributed by atoms with van der Waals surface area (Å²) in [7, 11) is 0. The molecule has 1 unspecified atom stereocenters. The number of carbonyl (C=O) groups excluding carboxylic acids is 2. The minimum Gasteiger partial charge on any atom is -0.352 e. The lowest BCUT2D eigenvalue weighted by atomic mass is 10.1. The van der Waals surface area contributed by atoms with Crippen LogP contribution in [0.4, 0.5) is 18.9 Å². The highest BCUT2D eigenvalue weighted by molar-refractivity contribution is 6.30. The Labute approximate surface area is 135 Å². The van der Waals surface area contributed by atoms with E-state index in [9.17, 15) is 22.8 Å². The van der Waals surface area contributed by atoms with E-state index < -0.39 is 23.6 Å². The molecule has 0 aliphatic carbocycles. The Morgan fingerprint density at radius 3 is 2.78 bits per heavy atom. The van der Waals surface area contributed by atoms with Gasteiger partial charge >= 0.3 is 6.18 Å². The van der Waals surface area contributed by atoms with Gasteiger partial charge in [-0.25, -0.2) is 0 Å². The summed E-state index contributed by atoms with van der Waals surface area (Å²) in [6.45, 7) is 3.58. The molecule has 1 aliphatic heterocycles. The molecule has 1 heterocycles. The van der Waals surface area contributed by atoms with E-state index in [4.69, 9.17) is 11.6 Å². The second kappa shape index (κ2) is 6.62. The van der Waals surface area contributed by atoms with Crippen LogP contribution < -0.4 is 10.2 Å². The molecule has 1 N–H and O–H groups in total. The quantitative estimate of drug-likeness (QED) is 0.852. The average molecular weight is 347 g/mol.